The van der Waals surface area contributed by atoms with Gasteiger partial charge < -0.3 is 24.0 Å². The molecule has 0 spiro atoms. The number of rotatable bonds is 8. The zero-order valence-corrected chi connectivity index (χ0v) is 24.8. The van der Waals surface area contributed by atoms with Gasteiger partial charge in [-0.05, 0) is 69.0 Å². The van der Waals surface area contributed by atoms with Crippen molar-refractivity contribution in [2.45, 2.75) is 65.3 Å². The zero-order chi connectivity index (χ0) is 29.7. The first kappa shape index (κ1) is 28.0. The summed E-state index contributed by atoms with van der Waals surface area (Å²) < 4.78 is 11.8. The molecule has 220 valence electrons. The number of hydrogen-bond acceptors (Lipinski definition) is 8. The number of amides is 3. The summed E-state index contributed by atoms with van der Waals surface area (Å²) in [6.45, 7) is 10.7. The van der Waals surface area contributed by atoms with Crippen molar-refractivity contribution in [3.63, 3.8) is 0 Å². The molecule has 3 aliphatic rings. The second-order valence-electron chi connectivity index (χ2n) is 11.8. The lowest BCUT2D eigenvalue weighted by Crippen LogP contribution is -2.54. The molecule has 1 aromatic heterocycles. The third-order valence-corrected chi connectivity index (χ3v) is 8.62. The number of aromatic nitrogens is 1. The summed E-state index contributed by atoms with van der Waals surface area (Å²) in [7, 11) is 2.09. The topological polar surface area (TPSA) is 108 Å². The van der Waals surface area contributed by atoms with Crippen molar-refractivity contribution in [1.82, 2.24) is 15.4 Å². The van der Waals surface area contributed by atoms with E-state index >= 15 is 0 Å². The Labute approximate surface area is 245 Å². The predicted octanol–water partition coefficient (Wildman–Crippen LogP) is 3.76. The SMILES string of the molecule is Cc1ccc(-c2c(C)noc2C)cc1N(C)CC(C)OC1CN(c2ccc3c(c2)C(=O)N(C2CCC(=O)NC2=O)C3)C1. The Morgan fingerprint density at radius 2 is 1.90 bits per heavy atom. The van der Waals surface area contributed by atoms with E-state index in [1.54, 1.807) is 4.90 Å². The highest BCUT2D eigenvalue weighted by atomic mass is 16.5. The average molecular weight is 572 g/mol. The van der Waals surface area contributed by atoms with Crippen molar-refractivity contribution in [3.05, 3.63) is 64.5 Å². The van der Waals surface area contributed by atoms with Gasteiger partial charge in [0.05, 0.1) is 17.9 Å². The van der Waals surface area contributed by atoms with Gasteiger partial charge in [0.1, 0.15) is 11.8 Å². The van der Waals surface area contributed by atoms with E-state index in [2.05, 4.69) is 59.4 Å². The number of carbonyl (C=O) groups excluding carboxylic acids is 3. The molecule has 6 rings (SSSR count). The lowest BCUT2D eigenvalue weighted by atomic mass is 10.0. The van der Waals surface area contributed by atoms with E-state index in [0.717, 1.165) is 59.2 Å². The molecule has 0 aliphatic carbocycles. The number of ether oxygens (including phenoxy) is 1. The highest BCUT2D eigenvalue weighted by molar-refractivity contribution is 6.05. The van der Waals surface area contributed by atoms with Crippen LogP contribution in [-0.2, 0) is 20.9 Å². The molecule has 0 radical (unpaired) electrons. The van der Waals surface area contributed by atoms with Crippen LogP contribution >= 0.6 is 0 Å². The number of nitrogens with one attached hydrogen (secondary N) is 1. The molecule has 2 aromatic carbocycles. The average Bonchev–Trinajstić information content (AvgIpc) is 3.43. The molecule has 0 saturated carbocycles. The number of aryl methyl sites for hydroxylation is 3. The molecule has 10 nitrogen and oxygen atoms in total. The third-order valence-electron chi connectivity index (χ3n) is 8.62. The van der Waals surface area contributed by atoms with Gasteiger partial charge in [-0.25, -0.2) is 0 Å². The molecule has 2 fully saturated rings. The summed E-state index contributed by atoms with van der Waals surface area (Å²) in [5.74, 6) is -0.00934. The van der Waals surface area contributed by atoms with Crippen LogP contribution in [0.2, 0.25) is 0 Å². The molecule has 0 bridgehead atoms. The maximum atomic E-state index is 13.2. The summed E-state index contributed by atoms with van der Waals surface area (Å²) in [4.78, 5) is 43.1. The standard InChI is InChI=1S/C32H37N5O5/c1-18-6-7-22(30-20(3)34-42-21(30)4)12-28(18)35(5)14-19(2)41-25-16-36(17-25)24-9-8-23-15-37(32(40)26(23)13-24)27-10-11-29(38)33-31(27)39/h6-9,12-13,19,25,27H,10-11,14-17H2,1-5H3,(H,33,38,39). The van der Waals surface area contributed by atoms with E-state index in [9.17, 15) is 14.4 Å². The van der Waals surface area contributed by atoms with Crippen LogP contribution in [0.5, 0.6) is 0 Å². The van der Waals surface area contributed by atoms with E-state index in [0.29, 0.717) is 18.5 Å². The Hall–Kier alpha value is -4.18. The number of nitrogens with zero attached hydrogens (tertiary/aromatic N) is 4. The first-order chi connectivity index (χ1) is 20.1. The van der Waals surface area contributed by atoms with Crippen LogP contribution in [0.15, 0.2) is 40.9 Å². The van der Waals surface area contributed by atoms with Crippen molar-refractivity contribution >= 4 is 29.1 Å². The maximum absolute atomic E-state index is 13.2. The molecule has 4 heterocycles. The van der Waals surface area contributed by atoms with Crippen LogP contribution in [0.1, 0.15) is 52.7 Å². The van der Waals surface area contributed by atoms with Gasteiger partial charge in [0.15, 0.2) is 0 Å². The van der Waals surface area contributed by atoms with E-state index < -0.39 is 11.9 Å². The smallest absolute Gasteiger partial charge is 0.255 e. The molecular weight excluding hydrogens is 534 g/mol. The second-order valence-corrected chi connectivity index (χ2v) is 11.8. The molecule has 2 atom stereocenters. The first-order valence-corrected chi connectivity index (χ1v) is 14.5. The number of anilines is 2. The number of fused-ring (bicyclic) bond motifs is 1. The van der Waals surface area contributed by atoms with Crippen LogP contribution in [0, 0.1) is 20.8 Å². The largest absolute Gasteiger partial charge is 0.372 e. The van der Waals surface area contributed by atoms with Crippen molar-refractivity contribution in [1.29, 1.82) is 0 Å². The minimum atomic E-state index is -0.602. The molecule has 2 unspecified atom stereocenters. The predicted molar refractivity (Wildman–Crippen MR) is 158 cm³/mol. The van der Waals surface area contributed by atoms with Gasteiger partial charge in [0, 0.05) is 62.1 Å². The first-order valence-electron chi connectivity index (χ1n) is 14.5. The van der Waals surface area contributed by atoms with Crippen molar-refractivity contribution in [2.24, 2.45) is 0 Å². The Balaban J connectivity index is 1.04. The van der Waals surface area contributed by atoms with Gasteiger partial charge in [-0.15, -0.1) is 0 Å². The van der Waals surface area contributed by atoms with Gasteiger partial charge >= 0.3 is 0 Å². The Morgan fingerprint density at radius 3 is 2.62 bits per heavy atom. The highest BCUT2D eigenvalue weighted by Gasteiger charge is 2.40. The number of carbonyl (C=O) groups is 3. The summed E-state index contributed by atoms with van der Waals surface area (Å²) in [5.41, 5.74) is 7.87. The number of imide groups is 1. The van der Waals surface area contributed by atoms with E-state index in [-0.39, 0.29) is 30.4 Å². The molecule has 42 heavy (non-hydrogen) atoms. The lowest BCUT2D eigenvalue weighted by molar-refractivity contribution is -0.136. The molecule has 1 N–H and O–H groups in total. The van der Waals surface area contributed by atoms with Gasteiger partial charge in [0.2, 0.25) is 11.8 Å². The van der Waals surface area contributed by atoms with E-state index in [1.165, 1.54) is 5.56 Å². The molecule has 3 amide bonds. The molecule has 10 heteroatoms. The minimum Gasteiger partial charge on any atom is -0.372 e. The molecular formula is C32H37N5O5. The van der Waals surface area contributed by atoms with Gasteiger partial charge in [0.25, 0.3) is 5.91 Å². The summed E-state index contributed by atoms with van der Waals surface area (Å²) >= 11 is 0. The maximum Gasteiger partial charge on any atom is 0.255 e. The summed E-state index contributed by atoms with van der Waals surface area (Å²) in [5, 5.41) is 6.46. The van der Waals surface area contributed by atoms with Crippen LogP contribution in [-0.4, -0.2) is 72.7 Å². The van der Waals surface area contributed by atoms with Crippen LogP contribution in [0.25, 0.3) is 11.1 Å². The quantitative estimate of drug-likeness (QED) is 0.408. The fraction of sp³-hybridized carbons (Fsp3) is 0.438. The monoisotopic (exact) mass is 571 g/mol. The Kier molecular flexibility index (Phi) is 7.26. The zero-order valence-electron chi connectivity index (χ0n) is 24.8. The van der Waals surface area contributed by atoms with Gasteiger partial charge in [-0.3, -0.25) is 19.7 Å². The fourth-order valence-corrected chi connectivity index (χ4v) is 6.40. The van der Waals surface area contributed by atoms with Crippen LogP contribution in [0.4, 0.5) is 11.4 Å². The molecule has 3 aromatic rings. The lowest BCUT2D eigenvalue weighted by Gasteiger charge is -2.42. The van der Waals surface area contributed by atoms with Crippen LogP contribution in [0.3, 0.4) is 0 Å². The number of hydrogen-bond donors (Lipinski definition) is 1. The van der Waals surface area contributed by atoms with Gasteiger partial charge in [-0.1, -0.05) is 23.4 Å². The third kappa shape index (κ3) is 5.15. The number of benzene rings is 2. The fourth-order valence-electron chi connectivity index (χ4n) is 6.40. The second kappa shape index (κ2) is 10.9. The highest BCUT2D eigenvalue weighted by Crippen LogP contribution is 2.34. The van der Waals surface area contributed by atoms with Crippen LogP contribution < -0.4 is 15.1 Å². The Morgan fingerprint density at radius 1 is 1.12 bits per heavy atom. The van der Waals surface area contributed by atoms with E-state index in [4.69, 9.17) is 9.26 Å². The number of piperidine rings is 1. The minimum absolute atomic E-state index is 0.0212. The summed E-state index contributed by atoms with van der Waals surface area (Å²) in [6, 6.07) is 11.8. The van der Waals surface area contributed by atoms with E-state index in [1.807, 2.05) is 32.0 Å². The van der Waals surface area contributed by atoms with Crippen molar-refractivity contribution in [3.8, 4) is 11.1 Å². The molecule has 2 saturated heterocycles. The van der Waals surface area contributed by atoms with Crippen molar-refractivity contribution < 1.29 is 23.6 Å². The molecule has 3 aliphatic heterocycles. The summed E-state index contributed by atoms with van der Waals surface area (Å²) in [6.07, 6.45) is 0.738. The number of likely N-dealkylation sites (N-methyl/N-ethyl adjacent to an activating group) is 1. The normalized spacial score (nSPS) is 19.5. The van der Waals surface area contributed by atoms with Gasteiger partial charge in [-0.2, -0.15) is 0 Å². The van der Waals surface area contributed by atoms with Crippen molar-refractivity contribution in [2.75, 3.05) is 36.5 Å². The Bertz CT molecular complexity index is 1540.